The summed E-state index contributed by atoms with van der Waals surface area (Å²) in [6.07, 6.45) is 7.37. The Bertz CT molecular complexity index is 98.7. The number of hydrogen-bond donors (Lipinski definition) is 2. The molecule has 0 aromatic rings. The molecule has 0 aliphatic carbocycles. The molecule has 0 aliphatic heterocycles. The van der Waals surface area contributed by atoms with Crippen molar-refractivity contribution in [1.29, 1.82) is 0 Å². The van der Waals surface area contributed by atoms with Crippen molar-refractivity contribution in [3.63, 3.8) is 0 Å². The largest absolute Gasteiger partial charge is 0.330 e. The third-order valence-corrected chi connectivity index (χ3v) is 3.15. The van der Waals surface area contributed by atoms with Gasteiger partial charge in [-0.15, -0.1) is 0 Å². The number of rotatable bonds is 8. The van der Waals surface area contributed by atoms with Crippen LogP contribution in [-0.2, 0) is 0 Å². The van der Waals surface area contributed by atoms with E-state index in [2.05, 4.69) is 13.8 Å². The maximum absolute atomic E-state index is 5.86. The predicted molar refractivity (Wildman–Crippen MR) is 59.6 cm³/mol. The van der Waals surface area contributed by atoms with Crippen molar-refractivity contribution in [2.24, 2.45) is 16.9 Å². The number of hydrogen-bond acceptors (Lipinski definition) is 2. The van der Waals surface area contributed by atoms with E-state index >= 15 is 0 Å². The molecule has 2 nitrogen and oxygen atoms in total. The van der Waals surface area contributed by atoms with E-state index in [-0.39, 0.29) is 0 Å². The Hall–Kier alpha value is -0.0800. The van der Waals surface area contributed by atoms with Crippen LogP contribution in [0.15, 0.2) is 0 Å². The Balaban J connectivity index is 3.97. The van der Waals surface area contributed by atoms with Gasteiger partial charge in [-0.3, -0.25) is 0 Å². The topological polar surface area (TPSA) is 52.0 Å². The second kappa shape index (κ2) is 7.34. The molecule has 0 heterocycles. The molecule has 0 bridgehead atoms. The third kappa shape index (κ3) is 4.63. The molecule has 0 rings (SSSR count). The molecule has 0 spiro atoms. The molecule has 1 atom stereocenters. The maximum Gasteiger partial charge on any atom is -0.00206 e. The molecular formula is C11H26N2. The third-order valence-electron chi connectivity index (χ3n) is 3.15. The van der Waals surface area contributed by atoms with Crippen LogP contribution in [-0.4, -0.2) is 13.1 Å². The quantitative estimate of drug-likeness (QED) is 0.611. The van der Waals surface area contributed by atoms with Crippen molar-refractivity contribution >= 4 is 0 Å². The van der Waals surface area contributed by atoms with Crippen molar-refractivity contribution in [3.8, 4) is 0 Å². The molecule has 0 amide bonds. The Kier molecular flexibility index (Phi) is 7.29. The lowest BCUT2D eigenvalue weighted by molar-refractivity contribution is 0.228. The highest BCUT2D eigenvalue weighted by molar-refractivity contribution is 4.78. The van der Waals surface area contributed by atoms with Gasteiger partial charge in [-0.25, -0.2) is 0 Å². The first-order valence-corrected chi connectivity index (χ1v) is 5.64. The van der Waals surface area contributed by atoms with Crippen molar-refractivity contribution in [3.05, 3.63) is 0 Å². The summed E-state index contributed by atoms with van der Waals surface area (Å²) in [5.41, 5.74) is 11.8. The Morgan fingerprint density at radius 3 is 2.00 bits per heavy atom. The van der Waals surface area contributed by atoms with E-state index in [9.17, 15) is 0 Å². The van der Waals surface area contributed by atoms with Gasteiger partial charge in [0, 0.05) is 0 Å². The summed E-state index contributed by atoms with van der Waals surface area (Å²) >= 11 is 0. The molecule has 0 fully saturated rings. The summed E-state index contributed by atoms with van der Waals surface area (Å²) in [5.74, 6) is 0. The molecule has 0 aromatic carbocycles. The molecule has 0 saturated heterocycles. The summed E-state index contributed by atoms with van der Waals surface area (Å²) in [5, 5.41) is 0. The lowest BCUT2D eigenvalue weighted by atomic mass is 9.76. The normalized spacial score (nSPS) is 15.7. The summed E-state index contributed by atoms with van der Waals surface area (Å²) in [6.45, 7) is 6.11. The Morgan fingerprint density at radius 2 is 1.62 bits per heavy atom. The molecular weight excluding hydrogens is 160 g/mol. The summed E-state index contributed by atoms with van der Waals surface area (Å²) < 4.78 is 0. The highest BCUT2D eigenvalue weighted by Gasteiger charge is 2.24. The maximum atomic E-state index is 5.86. The SMILES string of the molecule is CCCC[C@@](CC)(CN)CCCN. The molecule has 0 aromatic heterocycles. The van der Waals surface area contributed by atoms with Gasteiger partial charge in [0.15, 0.2) is 0 Å². The molecule has 0 radical (unpaired) electrons. The minimum absolute atomic E-state index is 0.384. The van der Waals surface area contributed by atoms with Crippen molar-refractivity contribution in [1.82, 2.24) is 0 Å². The van der Waals surface area contributed by atoms with Crippen LogP contribution in [0.25, 0.3) is 0 Å². The molecule has 4 N–H and O–H groups in total. The van der Waals surface area contributed by atoms with E-state index in [1.54, 1.807) is 0 Å². The highest BCUT2D eigenvalue weighted by Crippen LogP contribution is 2.32. The first-order valence-electron chi connectivity index (χ1n) is 5.64. The summed E-state index contributed by atoms with van der Waals surface area (Å²) in [7, 11) is 0. The van der Waals surface area contributed by atoms with Crippen LogP contribution in [0, 0.1) is 5.41 Å². The minimum Gasteiger partial charge on any atom is -0.330 e. The van der Waals surface area contributed by atoms with E-state index in [4.69, 9.17) is 11.5 Å². The van der Waals surface area contributed by atoms with Gasteiger partial charge < -0.3 is 11.5 Å². The highest BCUT2D eigenvalue weighted by atomic mass is 14.6. The zero-order valence-corrected chi connectivity index (χ0v) is 9.31. The fourth-order valence-electron chi connectivity index (χ4n) is 1.86. The average molecular weight is 186 g/mol. The molecule has 13 heavy (non-hydrogen) atoms. The number of unbranched alkanes of at least 4 members (excludes halogenated alkanes) is 1. The van der Waals surface area contributed by atoms with Crippen LogP contribution >= 0.6 is 0 Å². The van der Waals surface area contributed by atoms with Crippen LogP contribution in [0.2, 0.25) is 0 Å². The van der Waals surface area contributed by atoms with Gasteiger partial charge in [0.25, 0.3) is 0 Å². The van der Waals surface area contributed by atoms with Crippen molar-refractivity contribution in [2.45, 2.75) is 52.4 Å². The first kappa shape index (κ1) is 12.9. The second-order valence-electron chi connectivity index (χ2n) is 4.05. The van der Waals surface area contributed by atoms with E-state index in [1.165, 1.54) is 32.1 Å². The monoisotopic (exact) mass is 186 g/mol. The van der Waals surface area contributed by atoms with Crippen LogP contribution in [0.4, 0.5) is 0 Å². The van der Waals surface area contributed by atoms with Crippen LogP contribution < -0.4 is 11.5 Å². The van der Waals surface area contributed by atoms with E-state index < -0.39 is 0 Å². The van der Waals surface area contributed by atoms with E-state index in [0.29, 0.717) is 5.41 Å². The lowest BCUT2D eigenvalue weighted by Crippen LogP contribution is -2.30. The zero-order valence-electron chi connectivity index (χ0n) is 9.31. The summed E-state index contributed by atoms with van der Waals surface area (Å²) in [6, 6.07) is 0. The van der Waals surface area contributed by atoms with E-state index in [1.807, 2.05) is 0 Å². The van der Waals surface area contributed by atoms with Gasteiger partial charge in [0.05, 0.1) is 0 Å². The van der Waals surface area contributed by atoms with Crippen molar-refractivity contribution < 1.29 is 0 Å². The van der Waals surface area contributed by atoms with Gasteiger partial charge in [-0.1, -0.05) is 26.7 Å². The standard InChI is InChI=1S/C11H26N2/c1-3-5-7-11(4-2,10-13)8-6-9-12/h3-10,12-13H2,1-2H3/t11-/m1/s1. The first-order chi connectivity index (χ1) is 6.24. The molecule has 0 saturated carbocycles. The Labute approximate surface area is 83.1 Å². The molecule has 2 heteroatoms. The second-order valence-corrected chi connectivity index (χ2v) is 4.05. The van der Waals surface area contributed by atoms with Crippen molar-refractivity contribution in [2.75, 3.05) is 13.1 Å². The van der Waals surface area contributed by atoms with Crippen LogP contribution in [0.3, 0.4) is 0 Å². The molecule has 0 unspecified atom stereocenters. The van der Waals surface area contributed by atoms with Crippen LogP contribution in [0.5, 0.6) is 0 Å². The van der Waals surface area contributed by atoms with Crippen LogP contribution in [0.1, 0.15) is 52.4 Å². The fourth-order valence-corrected chi connectivity index (χ4v) is 1.86. The van der Waals surface area contributed by atoms with Gasteiger partial charge in [-0.05, 0) is 44.2 Å². The van der Waals surface area contributed by atoms with Gasteiger partial charge in [-0.2, -0.15) is 0 Å². The fraction of sp³-hybridized carbons (Fsp3) is 1.00. The number of nitrogens with two attached hydrogens (primary N) is 2. The molecule has 80 valence electrons. The van der Waals surface area contributed by atoms with E-state index in [0.717, 1.165) is 19.5 Å². The van der Waals surface area contributed by atoms with Gasteiger partial charge in [0.1, 0.15) is 0 Å². The smallest absolute Gasteiger partial charge is 0.00206 e. The Morgan fingerprint density at radius 1 is 1.00 bits per heavy atom. The van der Waals surface area contributed by atoms with Gasteiger partial charge >= 0.3 is 0 Å². The lowest BCUT2D eigenvalue weighted by Gasteiger charge is -2.31. The molecule has 0 aliphatic rings. The van der Waals surface area contributed by atoms with Gasteiger partial charge in [0.2, 0.25) is 0 Å². The average Bonchev–Trinajstić information content (AvgIpc) is 2.20. The minimum atomic E-state index is 0.384. The summed E-state index contributed by atoms with van der Waals surface area (Å²) in [4.78, 5) is 0. The predicted octanol–water partition coefficient (Wildman–Crippen LogP) is 2.27. The zero-order chi connectivity index (χ0) is 10.2.